The second-order valence-electron chi connectivity index (χ2n) is 16.9. The Balaban J connectivity index is 0.916. The Morgan fingerprint density at radius 2 is 1.43 bits per heavy atom. The minimum Gasteiger partial charge on any atom is -0.488 e. The number of rotatable bonds is 10. The molecule has 9 rings (SSSR count). The van der Waals surface area contributed by atoms with Crippen LogP contribution in [0.4, 0.5) is 4.79 Å². The van der Waals surface area contributed by atoms with Crippen molar-refractivity contribution in [2.75, 3.05) is 34.3 Å². The van der Waals surface area contributed by atoms with Crippen LogP contribution in [0.25, 0.3) is 44.4 Å². The van der Waals surface area contributed by atoms with E-state index in [0.29, 0.717) is 19.7 Å². The van der Waals surface area contributed by atoms with Gasteiger partial charge in [-0.3, -0.25) is 14.5 Å². The van der Waals surface area contributed by atoms with E-state index in [4.69, 9.17) is 19.4 Å². The lowest BCUT2D eigenvalue weighted by atomic mass is 9.92. The molecule has 4 aromatic carbocycles. The monoisotopic (exact) mass is 820 g/mol. The van der Waals surface area contributed by atoms with Crippen molar-refractivity contribution in [3.8, 4) is 39.4 Å². The van der Waals surface area contributed by atoms with Crippen LogP contribution in [0.5, 0.6) is 5.75 Å². The molecule has 2 saturated heterocycles. The molecule has 3 amide bonds. The first-order valence-corrected chi connectivity index (χ1v) is 21.2. The standard InChI is InChI=1S/C48H52N8O5/c1-28(2)41(53-48(59)60-5)46(57)55-21-9-13-39(55)44-49-25-37(51-44)31-17-19-35-30(23-31)15-20-36-34-18-16-32(24-33(34)27-61-43(35)36)38-26-50-45(52-38)40-14-10-22-56(40)47(58)42(54(3)4)29-11-7-6-8-12-29/h6-8,11-12,15-20,23-26,28,39-42H,9-10,13-14,21-22,27H2,1-5H3,(H,49,51)(H,50,52)(H,53,59). The van der Waals surface area contributed by atoms with Gasteiger partial charge in [-0.25, -0.2) is 14.8 Å². The average Bonchev–Trinajstić information content (AvgIpc) is 4.12. The number of nitrogens with one attached hydrogen (secondary N) is 3. The van der Waals surface area contributed by atoms with Crippen LogP contribution in [0.2, 0.25) is 0 Å². The van der Waals surface area contributed by atoms with Gasteiger partial charge in [-0.05, 0) is 91.5 Å². The van der Waals surface area contributed by atoms with Crippen LogP contribution in [0, 0.1) is 5.92 Å². The van der Waals surface area contributed by atoms with Crippen molar-refractivity contribution in [2.24, 2.45) is 5.92 Å². The fourth-order valence-electron chi connectivity index (χ4n) is 9.40. The first kappa shape index (κ1) is 40.0. The molecule has 6 aromatic rings. The molecule has 4 atom stereocenters. The third-order valence-electron chi connectivity index (χ3n) is 12.5. The summed E-state index contributed by atoms with van der Waals surface area (Å²) in [5.74, 6) is 2.24. The molecule has 13 heteroatoms. The highest BCUT2D eigenvalue weighted by Crippen LogP contribution is 2.44. The van der Waals surface area contributed by atoms with Crippen LogP contribution in [0.3, 0.4) is 0 Å². The fraction of sp³-hybridized carbons (Fsp3) is 0.354. The molecule has 13 nitrogen and oxygen atoms in total. The van der Waals surface area contributed by atoms with Gasteiger partial charge in [0.15, 0.2) is 0 Å². The summed E-state index contributed by atoms with van der Waals surface area (Å²) in [5, 5.41) is 4.79. The van der Waals surface area contributed by atoms with Crippen molar-refractivity contribution >= 4 is 28.7 Å². The Kier molecular flexibility index (Phi) is 10.8. The van der Waals surface area contributed by atoms with Gasteiger partial charge in [-0.1, -0.05) is 74.5 Å². The highest BCUT2D eigenvalue weighted by atomic mass is 16.5. The van der Waals surface area contributed by atoms with Gasteiger partial charge in [0.2, 0.25) is 11.8 Å². The van der Waals surface area contributed by atoms with E-state index in [9.17, 15) is 14.4 Å². The highest BCUT2D eigenvalue weighted by Gasteiger charge is 2.39. The number of nitrogens with zero attached hydrogens (tertiary/aromatic N) is 5. The molecule has 0 saturated carbocycles. The second kappa shape index (κ2) is 16.5. The molecule has 3 aliphatic rings. The van der Waals surface area contributed by atoms with E-state index >= 15 is 0 Å². The van der Waals surface area contributed by atoms with Crippen molar-refractivity contribution in [2.45, 2.75) is 70.3 Å². The second-order valence-corrected chi connectivity index (χ2v) is 16.9. The van der Waals surface area contributed by atoms with Crippen LogP contribution < -0.4 is 10.1 Å². The molecule has 0 spiro atoms. The predicted octanol–water partition coefficient (Wildman–Crippen LogP) is 8.19. The summed E-state index contributed by atoms with van der Waals surface area (Å²) < 4.78 is 11.3. The Hall–Kier alpha value is -6.47. The summed E-state index contributed by atoms with van der Waals surface area (Å²) in [5.41, 5.74) is 8.02. The lowest BCUT2D eigenvalue weighted by Gasteiger charge is -2.31. The largest absolute Gasteiger partial charge is 0.488 e. The minimum atomic E-state index is -0.690. The molecule has 3 aliphatic heterocycles. The molecule has 0 radical (unpaired) electrons. The van der Waals surface area contributed by atoms with Crippen molar-refractivity contribution < 1.29 is 23.9 Å². The van der Waals surface area contributed by atoms with Gasteiger partial charge in [0, 0.05) is 29.6 Å². The number of alkyl carbamates (subject to hydrolysis) is 1. The number of aromatic nitrogens is 4. The molecule has 0 bridgehead atoms. The number of carbonyl (C=O) groups excluding carboxylic acids is 3. The van der Waals surface area contributed by atoms with Gasteiger partial charge in [-0.15, -0.1) is 0 Å². The first-order valence-electron chi connectivity index (χ1n) is 21.2. The number of imidazole rings is 2. The minimum absolute atomic E-state index is 0.0919. The number of hydrogen-bond acceptors (Lipinski definition) is 8. The zero-order chi connectivity index (χ0) is 42.4. The maximum absolute atomic E-state index is 14.0. The molecule has 2 aromatic heterocycles. The van der Waals surface area contributed by atoms with Crippen molar-refractivity contribution in [3.63, 3.8) is 0 Å². The number of ether oxygens (including phenoxy) is 2. The van der Waals surface area contributed by atoms with Crippen LogP contribution in [-0.4, -0.2) is 92.9 Å². The Labute approximate surface area is 355 Å². The van der Waals surface area contributed by atoms with Gasteiger partial charge >= 0.3 is 6.09 Å². The summed E-state index contributed by atoms with van der Waals surface area (Å²) in [4.78, 5) is 62.1. The van der Waals surface area contributed by atoms with Crippen molar-refractivity contribution in [1.82, 2.24) is 40.0 Å². The van der Waals surface area contributed by atoms with E-state index in [1.54, 1.807) is 0 Å². The van der Waals surface area contributed by atoms with Crippen molar-refractivity contribution in [1.29, 1.82) is 0 Å². The lowest BCUT2D eigenvalue weighted by Crippen LogP contribution is -2.51. The number of amides is 3. The third-order valence-corrected chi connectivity index (χ3v) is 12.5. The number of likely N-dealkylation sites (N-methyl/N-ethyl adjacent to an activating group) is 1. The number of H-pyrrole nitrogens is 2. The maximum Gasteiger partial charge on any atom is 0.407 e. The van der Waals surface area contributed by atoms with E-state index in [0.717, 1.165) is 98.6 Å². The van der Waals surface area contributed by atoms with E-state index in [-0.39, 0.29) is 35.9 Å². The number of methoxy groups -OCH3 is 1. The van der Waals surface area contributed by atoms with E-state index < -0.39 is 12.1 Å². The first-order chi connectivity index (χ1) is 29.6. The topological polar surface area (TPSA) is 149 Å². The normalized spacial score (nSPS) is 18.2. The lowest BCUT2D eigenvalue weighted by molar-refractivity contribution is -0.137. The quantitative estimate of drug-likeness (QED) is 0.125. The number of likely N-dealkylation sites (tertiary alicyclic amines) is 2. The number of fused-ring (bicyclic) bond motifs is 5. The molecule has 2 fully saturated rings. The number of benzene rings is 4. The van der Waals surface area contributed by atoms with Gasteiger partial charge in [0.25, 0.3) is 0 Å². The Bertz CT molecular complexity index is 2600. The summed E-state index contributed by atoms with van der Waals surface area (Å²) in [6, 6.07) is 25.6. The van der Waals surface area contributed by atoms with Gasteiger partial charge in [0.1, 0.15) is 36.1 Å². The van der Waals surface area contributed by atoms with Gasteiger partial charge in [-0.2, -0.15) is 0 Å². The third kappa shape index (κ3) is 7.51. The molecular formula is C48H52N8O5. The molecule has 3 N–H and O–H groups in total. The van der Waals surface area contributed by atoms with Crippen LogP contribution in [-0.2, 0) is 20.9 Å². The predicted molar refractivity (Wildman–Crippen MR) is 233 cm³/mol. The maximum atomic E-state index is 14.0. The number of carbonyl (C=O) groups is 3. The highest BCUT2D eigenvalue weighted by molar-refractivity contribution is 5.98. The summed E-state index contributed by atoms with van der Waals surface area (Å²) >= 11 is 0. The average molecular weight is 821 g/mol. The summed E-state index contributed by atoms with van der Waals surface area (Å²) in [6.07, 6.45) is 6.50. The fourth-order valence-corrected chi connectivity index (χ4v) is 9.40. The Morgan fingerprint density at radius 1 is 0.803 bits per heavy atom. The summed E-state index contributed by atoms with van der Waals surface area (Å²) in [6.45, 7) is 5.55. The van der Waals surface area contributed by atoms with Crippen molar-refractivity contribution in [3.05, 3.63) is 114 Å². The van der Waals surface area contributed by atoms with E-state index in [1.807, 2.05) is 85.4 Å². The molecule has 0 aliphatic carbocycles. The Morgan fingerprint density at radius 3 is 2.07 bits per heavy atom. The smallest absolute Gasteiger partial charge is 0.407 e. The zero-order valence-electron chi connectivity index (χ0n) is 35.3. The van der Waals surface area contributed by atoms with Crippen LogP contribution >= 0.6 is 0 Å². The molecule has 4 unspecified atom stereocenters. The van der Waals surface area contributed by atoms with Gasteiger partial charge in [0.05, 0.1) is 43.0 Å². The molecule has 61 heavy (non-hydrogen) atoms. The van der Waals surface area contributed by atoms with Crippen LogP contribution in [0.15, 0.2) is 91.3 Å². The number of aromatic amines is 2. The van der Waals surface area contributed by atoms with Crippen LogP contribution in [0.1, 0.15) is 80.4 Å². The van der Waals surface area contributed by atoms with Gasteiger partial charge < -0.3 is 34.6 Å². The number of hydrogen-bond donors (Lipinski definition) is 3. The van der Waals surface area contributed by atoms with E-state index in [1.165, 1.54) is 7.11 Å². The summed E-state index contributed by atoms with van der Waals surface area (Å²) in [7, 11) is 5.21. The molecular weight excluding hydrogens is 769 g/mol. The molecule has 314 valence electrons. The molecule has 5 heterocycles. The SMILES string of the molecule is COC(=O)NC(C(=O)N1CCCC1c1ncc(-c2ccc3c4c(ccc3c2)-c2ccc(-c3cnc(C5CCCN5C(=O)C(c5ccccc5)N(C)C)[nH]3)cc2CO4)[nH]1)C(C)C. The van der Waals surface area contributed by atoms with E-state index in [2.05, 4.69) is 63.8 Å². The zero-order valence-corrected chi connectivity index (χ0v) is 35.3.